The summed E-state index contributed by atoms with van der Waals surface area (Å²) in [5.41, 5.74) is 0. The minimum absolute atomic E-state index is 0.151. The SMILES string of the molecule is CCCc1nsc(C(CC)C(C)O)n1. The van der Waals surface area contributed by atoms with E-state index >= 15 is 0 Å². The highest BCUT2D eigenvalue weighted by atomic mass is 32.1. The Morgan fingerprint density at radius 1 is 1.43 bits per heavy atom. The highest BCUT2D eigenvalue weighted by Crippen LogP contribution is 2.24. The van der Waals surface area contributed by atoms with Gasteiger partial charge in [-0.2, -0.15) is 4.37 Å². The van der Waals surface area contributed by atoms with Crippen LogP contribution in [0.25, 0.3) is 0 Å². The molecule has 4 heteroatoms. The van der Waals surface area contributed by atoms with Crippen LogP contribution in [0.3, 0.4) is 0 Å². The smallest absolute Gasteiger partial charge is 0.142 e. The molecule has 0 saturated carbocycles. The fraction of sp³-hybridized carbons (Fsp3) is 0.800. The summed E-state index contributed by atoms with van der Waals surface area (Å²) in [5, 5.41) is 10.5. The second kappa shape index (κ2) is 5.41. The fourth-order valence-electron chi connectivity index (χ4n) is 1.47. The van der Waals surface area contributed by atoms with Gasteiger partial charge in [0.25, 0.3) is 0 Å². The van der Waals surface area contributed by atoms with Gasteiger partial charge in [-0.05, 0) is 31.3 Å². The van der Waals surface area contributed by atoms with Gasteiger partial charge in [0.05, 0.1) is 6.10 Å². The van der Waals surface area contributed by atoms with Crippen molar-refractivity contribution >= 4 is 11.5 Å². The molecule has 0 saturated heterocycles. The van der Waals surface area contributed by atoms with Crippen LogP contribution in [0.1, 0.15) is 50.4 Å². The molecule has 1 heterocycles. The van der Waals surface area contributed by atoms with Crippen LogP contribution in [0.4, 0.5) is 0 Å². The van der Waals surface area contributed by atoms with Crippen LogP contribution < -0.4 is 0 Å². The molecule has 0 aromatic carbocycles. The Bertz CT molecular complexity index is 273. The summed E-state index contributed by atoms with van der Waals surface area (Å²) < 4.78 is 4.28. The first-order valence-electron chi connectivity index (χ1n) is 5.19. The summed E-state index contributed by atoms with van der Waals surface area (Å²) >= 11 is 1.43. The van der Waals surface area contributed by atoms with Crippen molar-refractivity contribution < 1.29 is 5.11 Å². The Kier molecular flexibility index (Phi) is 4.48. The van der Waals surface area contributed by atoms with Crippen LogP contribution >= 0.6 is 11.5 Å². The van der Waals surface area contributed by atoms with Crippen LogP contribution in [0.5, 0.6) is 0 Å². The lowest BCUT2D eigenvalue weighted by molar-refractivity contribution is 0.159. The topological polar surface area (TPSA) is 46.0 Å². The zero-order valence-corrected chi connectivity index (χ0v) is 9.84. The van der Waals surface area contributed by atoms with Crippen molar-refractivity contribution in [2.24, 2.45) is 0 Å². The highest BCUT2D eigenvalue weighted by molar-refractivity contribution is 7.05. The van der Waals surface area contributed by atoms with Crippen LogP contribution in [-0.2, 0) is 6.42 Å². The third kappa shape index (κ3) is 2.75. The lowest BCUT2D eigenvalue weighted by atomic mass is 10.0. The van der Waals surface area contributed by atoms with Gasteiger partial charge in [0.1, 0.15) is 10.8 Å². The summed E-state index contributed by atoms with van der Waals surface area (Å²) in [6, 6.07) is 0. The molecule has 0 aliphatic carbocycles. The highest BCUT2D eigenvalue weighted by Gasteiger charge is 2.19. The number of aliphatic hydroxyl groups is 1. The summed E-state index contributed by atoms with van der Waals surface area (Å²) in [4.78, 5) is 4.44. The predicted octanol–water partition coefficient (Wildman–Crippen LogP) is 2.37. The van der Waals surface area contributed by atoms with E-state index in [1.54, 1.807) is 0 Å². The molecular formula is C10H18N2OS. The molecule has 3 nitrogen and oxygen atoms in total. The maximum atomic E-state index is 9.54. The van der Waals surface area contributed by atoms with E-state index in [4.69, 9.17) is 0 Å². The number of rotatable bonds is 5. The Labute approximate surface area is 89.4 Å². The molecule has 0 spiro atoms. The van der Waals surface area contributed by atoms with Crippen molar-refractivity contribution in [3.8, 4) is 0 Å². The van der Waals surface area contributed by atoms with Gasteiger partial charge < -0.3 is 5.11 Å². The van der Waals surface area contributed by atoms with E-state index in [0.717, 1.165) is 30.1 Å². The Morgan fingerprint density at radius 3 is 2.64 bits per heavy atom. The second-order valence-corrected chi connectivity index (χ2v) is 4.34. The van der Waals surface area contributed by atoms with E-state index in [1.807, 2.05) is 6.92 Å². The van der Waals surface area contributed by atoms with Crippen LogP contribution in [-0.4, -0.2) is 20.6 Å². The van der Waals surface area contributed by atoms with Gasteiger partial charge in [-0.15, -0.1) is 0 Å². The number of nitrogens with zero attached hydrogens (tertiary/aromatic N) is 2. The third-order valence-corrected chi connectivity index (χ3v) is 3.18. The number of aromatic nitrogens is 2. The lowest BCUT2D eigenvalue weighted by Crippen LogP contribution is -2.13. The van der Waals surface area contributed by atoms with Crippen LogP contribution in [0, 0.1) is 0 Å². The Hall–Kier alpha value is -0.480. The summed E-state index contributed by atoms with van der Waals surface area (Å²) in [6.45, 7) is 6.00. The molecule has 0 fully saturated rings. The Morgan fingerprint density at radius 2 is 2.14 bits per heavy atom. The van der Waals surface area contributed by atoms with E-state index in [0.29, 0.717) is 0 Å². The fourth-order valence-corrected chi connectivity index (χ4v) is 2.44. The minimum Gasteiger partial charge on any atom is -0.393 e. The molecule has 1 rings (SSSR count). The van der Waals surface area contributed by atoms with Crippen LogP contribution in [0.15, 0.2) is 0 Å². The largest absolute Gasteiger partial charge is 0.393 e. The molecule has 0 aliphatic heterocycles. The van der Waals surface area contributed by atoms with Gasteiger partial charge in [-0.3, -0.25) is 0 Å². The first-order valence-corrected chi connectivity index (χ1v) is 5.96. The Balaban J connectivity index is 2.73. The number of hydrogen-bond acceptors (Lipinski definition) is 4. The van der Waals surface area contributed by atoms with Gasteiger partial charge in [0.2, 0.25) is 0 Å². The maximum Gasteiger partial charge on any atom is 0.142 e. The molecule has 0 amide bonds. The number of hydrogen-bond donors (Lipinski definition) is 1. The molecule has 1 N–H and O–H groups in total. The minimum atomic E-state index is -0.331. The van der Waals surface area contributed by atoms with Crippen LogP contribution in [0.2, 0.25) is 0 Å². The number of aliphatic hydroxyl groups excluding tert-OH is 1. The van der Waals surface area contributed by atoms with E-state index < -0.39 is 0 Å². The average molecular weight is 214 g/mol. The van der Waals surface area contributed by atoms with Gasteiger partial charge >= 0.3 is 0 Å². The first kappa shape index (κ1) is 11.6. The number of aryl methyl sites for hydroxylation is 1. The average Bonchev–Trinajstić information content (AvgIpc) is 2.54. The normalized spacial score (nSPS) is 15.4. The summed E-state index contributed by atoms with van der Waals surface area (Å²) in [5.74, 6) is 1.07. The monoisotopic (exact) mass is 214 g/mol. The first-order chi connectivity index (χ1) is 6.69. The van der Waals surface area contributed by atoms with Crippen molar-refractivity contribution in [3.05, 3.63) is 10.8 Å². The zero-order chi connectivity index (χ0) is 10.6. The lowest BCUT2D eigenvalue weighted by Gasteiger charge is -2.13. The molecule has 0 radical (unpaired) electrons. The van der Waals surface area contributed by atoms with Crippen molar-refractivity contribution in [2.75, 3.05) is 0 Å². The summed E-state index contributed by atoms with van der Waals surface area (Å²) in [7, 11) is 0. The van der Waals surface area contributed by atoms with Crippen molar-refractivity contribution in [2.45, 2.75) is 52.1 Å². The quantitative estimate of drug-likeness (QED) is 0.818. The summed E-state index contributed by atoms with van der Waals surface area (Å²) in [6.07, 6.45) is 2.59. The predicted molar refractivity (Wildman–Crippen MR) is 58.6 cm³/mol. The van der Waals surface area contributed by atoms with E-state index in [1.165, 1.54) is 11.5 Å². The van der Waals surface area contributed by atoms with Crippen molar-refractivity contribution in [3.63, 3.8) is 0 Å². The molecular weight excluding hydrogens is 196 g/mol. The van der Waals surface area contributed by atoms with Crippen molar-refractivity contribution in [1.29, 1.82) is 0 Å². The molecule has 2 unspecified atom stereocenters. The molecule has 0 aliphatic rings. The van der Waals surface area contributed by atoms with E-state index in [-0.39, 0.29) is 12.0 Å². The second-order valence-electron chi connectivity index (χ2n) is 3.55. The van der Waals surface area contributed by atoms with Gasteiger partial charge in [0, 0.05) is 12.3 Å². The standard InChI is InChI=1S/C10H18N2OS/c1-4-6-9-11-10(14-12-9)8(5-2)7(3)13/h7-8,13H,4-6H2,1-3H3. The molecule has 1 aromatic heterocycles. The zero-order valence-electron chi connectivity index (χ0n) is 9.03. The molecule has 1 aromatic rings. The van der Waals surface area contributed by atoms with Gasteiger partial charge in [0.15, 0.2) is 0 Å². The third-order valence-electron chi connectivity index (χ3n) is 2.30. The van der Waals surface area contributed by atoms with Crippen molar-refractivity contribution in [1.82, 2.24) is 9.36 Å². The molecule has 2 atom stereocenters. The van der Waals surface area contributed by atoms with E-state index in [2.05, 4.69) is 23.2 Å². The molecule has 0 bridgehead atoms. The molecule has 14 heavy (non-hydrogen) atoms. The molecule has 80 valence electrons. The van der Waals surface area contributed by atoms with Gasteiger partial charge in [-0.1, -0.05) is 13.8 Å². The maximum absolute atomic E-state index is 9.54. The van der Waals surface area contributed by atoms with Gasteiger partial charge in [-0.25, -0.2) is 4.98 Å². The van der Waals surface area contributed by atoms with E-state index in [9.17, 15) is 5.11 Å².